The summed E-state index contributed by atoms with van der Waals surface area (Å²) in [5.74, 6) is -0.795. The van der Waals surface area contributed by atoms with Crippen LogP contribution in [0.3, 0.4) is 0 Å². The van der Waals surface area contributed by atoms with Crippen molar-refractivity contribution < 1.29 is 9.90 Å². The molecule has 0 saturated carbocycles. The molecule has 0 unspecified atom stereocenters. The Morgan fingerprint density at radius 1 is 1.35 bits per heavy atom. The Labute approximate surface area is 109 Å². The lowest BCUT2D eigenvalue weighted by atomic mass is 9.94. The largest absolute Gasteiger partial charge is 0.478 e. The number of carboxylic acids is 1. The van der Waals surface area contributed by atoms with E-state index in [2.05, 4.69) is 20.8 Å². The van der Waals surface area contributed by atoms with Crippen molar-refractivity contribution in [2.24, 2.45) is 0 Å². The first-order chi connectivity index (χ1) is 8.08. The van der Waals surface area contributed by atoms with Gasteiger partial charge in [-0.05, 0) is 36.7 Å². The van der Waals surface area contributed by atoms with Crippen molar-refractivity contribution in [2.75, 3.05) is 20.1 Å². The summed E-state index contributed by atoms with van der Waals surface area (Å²) in [5, 5.41) is 9.23. The Bertz CT molecular complexity index is 465. The number of carbonyl (C=O) groups is 1. The van der Waals surface area contributed by atoms with E-state index in [-0.39, 0.29) is 0 Å². The van der Waals surface area contributed by atoms with Gasteiger partial charge < -0.3 is 10.0 Å². The molecule has 1 aliphatic heterocycles. The molecule has 3 nitrogen and oxygen atoms in total. The lowest BCUT2D eigenvalue weighted by Gasteiger charge is -2.26. The average Bonchev–Trinajstić information content (AvgIpc) is 2.29. The Balaban J connectivity index is 2.44. The molecule has 0 fully saturated rings. The van der Waals surface area contributed by atoms with Gasteiger partial charge >= 0.3 is 5.97 Å². The molecule has 17 heavy (non-hydrogen) atoms. The minimum atomic E-state index is -0.795. The summed E-state index contributed by atoms with van der Waals surface area (Å²) in [6.45, 7) is 1.50. The quantitative estimate of drug-likeness (QED) is 0.912. The van der Waals surface area contributed by atoms with Gasteiger partial charge in [0.2, 0.25) is 0 Å². The predicted octanol–water partition coefficient (Wildman–Crippen LogP) is 2.62. The molecule has 4 heteroatoms. The van der Waals surface area contributed by atoms with Gasteiger partial charge in [0.05, 0.1) is 0 Å². The minimum absolute atomic E-state index is 0.547. The third-order valence-corrected chi connectivity index (χ3v) is 3.52. The predicted molar refractivity (Wildman–Crippen MR) is 70.8 cm³/mol. The summed E-state index contributed by atoms with van der Waals surface area (Å²) in [6, 6.07) is 7.80. The van der Waals surface area contributed by atoms with Crippen LogP contribution in [0.4, 0.5) is 0 Å². The number of nitrogens with zero attached hydrogens (tertiary/aromatic N) is 1. The summed E-state index contributed by atoms with van der Waals surface area (Å²) in [6.07, 6.45) is 0.608. The number of halogens is 1. The van der Waals surface area contributed by atoms with Crippen molar-refractivity contribution in [3.8, 4) is 0 Å². The molecule has 2 rings (SSSR count). The average molecular weight is 296 g/mol. The van der Waals surface area contributed by atoms with Crippen LogP contribution in [0.2, 0.25) is 0 Å². The monoisotopic (exact) mass is 295 g/mol. The van der Waals surface area contributed by atoms with Gasteiger partial charge in [-0.1, -0.05) is 28.1 Å². The van der Waals surface area contributed by atoms with E-state index in [9.17, 15) is 9.90 Å². The van der Waals surface area contributed by atoms with Crippen molar-refractivity contribution in [3.63, 3.8) is 0 Å². The Morgan fingerprint density at radius 2 is 2.00 bits per heavy atom. The smallest absolute Gasteiger partial charge is 0.331 e. The second kappa shape index (κ2) is 5.02. The molecule has 1 heterocycles. The fourth-order valence-corrected chi connectivity index (χ4v) is 2.31. The van der Waals surface area contributed by atoms with Gasteiger partial charge in [0.25, 0.3) is 0 Å². The van der Waals surface area contributed by atoms with E-state index in [1.54, 1.807) is 0 Å². The van der Waals surface area contributed by atoms with Gasteiger partial charge in [0.1, 0.15) is 0 Å². The van der Waals surface area contributed by atoms with Crippen molar-refractivity contribution in [1.82, 2.24) is 4.90 Å². The fourth-order valence-electron chi connectivity index (χ4n) is 2.05. The molecular formula is C13H14BrNO2. The number of likely N-dealkylation sites (N-methyl/N-ethyl adjacent to an activating group) is 1. The van der Waals surface area contributed by atoms with Crippen LogP contribution in [0.15, 0.2) is 34.3 Å². The third-order valence-electron chi connectivity index (χ3n) is 2.99. The van der Waals surface area contributed by atoms with Gasteiger partial charge in [0, 0.05) is 23.1 Å². The number of hydrogen-bond acceptors (Lipinski definition) is 2. The molecule has 1 N–H and O–H groups in total. The van der Waals surface area contributed by atoms with Gasteiger partial charge in [-0.3, -0.25) is 0 Å². The van der Waals surface area contributed by atoms with E-state index >= 15 is 0 Å². The Morgan fingerprint density at radius 3 is 2.59 bits per heavy atom. The van der Waals surface area contributed by atoms with Crippen molar-refractivity contribution in [1.29, 1.82) is 0 Å². The zero-order valence-corrected chi connectivity index (χ0v) is 11.2. The zero-order valence-electron chi connectivity index (χ0n) is 9.61. The molecule has 1 aromatic carbocycles. The van der Waals surface area contributed by atoms with Gasteiger partial charge in [-0.2, -0.15) is 0 Å². The molecule has 0 aliphatic carbocycles. The molecule has 1 aromatic rings. The first kappa shape index (κ1) is 12.3. The van der Waals surface area contributed by atoms with Crippen molar-refractivity contribution >= 4 is 27.5 Å². The highest BCUT2D eigenvalue weighted by Crippen LogP contribution is 2.27. The fraction of sp³-hybridized carbons (Fsp3) is 0.308. The second-order valence-corrected chi connectivity index (χ2v) is 5.17. The van der Waals surface area contributed by atoms with Crippen LogP contribution >= 0.6 is 15.9 Å². The maximum atomic E-state index is 11.2. The second-order valence-electron chi connectivity index (χ2n) is 4.26. The molecule has 0 atom stereocenters. The summed E-state index contributed by atoms with van der Waals surface area (Å²) < 4.78 is 1.00. The molecule has 0 radical (unpaired) electrons. The molecule has 0 saturated heterocycles. The van der Waals surface area contributed by atoms with E-state index in [4.69, 9.17) is 0 Å². The topological polar surface area (TPSA) is 40.5 Å². The normalized spacial score (nSPS) is 17.3. The molecule has 0 aromatic heterocycles. The van der Waals surface area contributed by atoms with Gasteiger partial charge in [0.15, 0.2) is 0 Å². The van der Waals surface area contributed by atoms with Gasteiger partial charge in [-0.25, -0.2) is 4.79 Å². The van der Waals surface area contributed by atoms with E-state index in [0.717, 1.165) is 22.2 Å². The lowest BCUT2D eigenvalue weighted by Crippen LogP contribution is -2.29. The van der Waals surface area contributed by atoms with Crippen molar-refractivity contribution in [2.45, 2.75) is 6.42 Å². The van der Waals surface area contributed by atoms with Crippen LogP contribution in [0.25, 0.3) is 5.57 Å². The maximum Gasteiger partial charge on any atom is 0.331 e. The molecule has 0 amide bonds. The Kier molecular flexibility index (Phi) is 3.64. The zero-order chi connectivity index (χ0) is 12.4. The standard InChI is InChI=1S/C13H14BrNO2/c1-15-7-6-11(13(16)17)12(8-15)9-2-4-10(14)5-3-9/h2-5H,6-8H2,1H3,(H,16,17). The molecule has 1 aliphatic rings. The molecule has 0 spiro atoms. The minimum Gasteiger partial charge on any atom is -0.478 e. The van der Waals surface area contributed by atoms with Crippen LogP contribution in [0.5, 0.6) is 0 Å². The first-order valence-corrected chi connectivity index (χ1v) is 6.27. The van der Waals surface area contributed by atoms with E-state index in [0.29, 0.717) is 18.5 Å². The third kappa shape index (κ3) is 2.76. The lowest BCUT2D eigenvalue weighted by molar-refractivity contribution is -0.132. The highest BCUT2D eigenvalue weighted by molar-refractivity contribution is 9.10. The highest BCUT2D eigenvalue weighted by Gasteiger charge is 2.22. The molecule has 0 bridgehead atoms. The molecule has 90 valence electrons. The van der Waals surface area contributed by atoms with Crippen LogP contribution in [-0.4, -0.2) is 36.1 Å². The van der Waals surface area contributed by atoms with Crippen LogP contribution < -0.4 is 0 Å². The summed E-state index contributed by atoms with van der Waals surface area (Å²) in [5.41, 5.74) is 2.47. The number of aliphatic carboxylic acids is 1. The van der Waals surface area contributed by atoms with E-state index < -0.39 is 5.97 Å². The van der Waals surface area contributed by atoms with Gasteiger partial charge in [-0.15, -0.1) is 0 Å². The number of benzene rings is 1. The molecular weight excluding hydrogens is 282 g/mol. The Hall–Kier alpha value is -1.13. The van der Waals surface area contributed by atoms with Crippen LogP contribution in [0, 0.1) is 0 Å². The summed E-state index contributed by atoms with van der Waals surface area (Å²) in [4.78, 5) is 13.4. The van der Waals surface area contributed by atoms with E-state index in [1.165, 1.54) is 0 Å². The van der Waals surface area contributed by atoms with Crippen molar-refractivity contribution in [3.05, 3.63) is 39.9 Å². The van der Waals surface area contributed by atoms with Crippen LogP contribution in [0.1, 0.15) is 12.0 Å². The van der Waals surface area contributed by atoms with Crippen LogP contribution in [-0.2, 0) is 4.79 Å². The summed E-state index contributed by atoms with van der Waals surface area (Å²) in [7, 11) is 2.01. The number of rotatable bonds is 2. The number of carboxylic acid groups (broad SMARTS) is 1. The number of hydrogen-bond donors (Lipinski definition) is 1. The highest BCUT2D eigenvalue weighted by atomic mass is 79.9. The summed E-state index contributed by atoms with van der Waals surface area (Å²) >= 11 is 3.38. The maximum absolute atomic E-state index is 11.2. The first-order valence-electron chi connectivity index (χ1n) is 5.47. The SMILES string of the molecule is CN1CCC(C(=O)O)=C(c2ccc(Br)cc2)C1. The van der Waals surface area contributed by atoms with E-state index in [1.807, 2.05) is 31.3 Å².